The van der Waals surface area contributed by atoms with Gasteiger partial charge in [-0.1, -0.05) is 13.8 Å². The Balaban J connectivity index is 0.000000924. The van der Waals surface area contributed by atoms with E-state index in [-0.39, 0.29) is 5.97 Å². The summed E-state index contributed by atoms with van der Waals surface area (Å²) in [7, 11) is 1.44. The molecule has 1 aromatic rings. The summed E-state index contributed by atoms with van der Waals surface area (Å²) in [6, 6.07) is 0. The molecular weight excluding hydrogens is 288 g/mol. The van der Waals surface area contributed by atoms with Crippen molar-refractivity contribution in [2.75, 3.05) is 25.1 Å². The number of hydrogen-bond donors (Lipinski definition) is 0. The molecule has 0 unspecified atom stereocenters. The van der Waals surface area contributed by atoms with E-state index in [4.69, 9.17) is 9.72 Å². The fraction of sp³-hybridized carbons (Fsp3) is 0.684. The predicted molar refractivity (Wildman–Crippen MR) is 94.2 cm³/mol. The Morgan fingerprint density at radius 3 is 2.09 bits per heavy atom. The minimum absolute atomic E-state index is 0.273. The number of nitrogens with zero attached hydrogens (tertiary/aromatic N) is 2. The van der Waals surface area contributed by atoms with E-state index in [2.05, 4.69) is 4.90 Å². The van der Waals surface area contributed by atoms with Crippen molar-refractivity contribution in [2.24, 2.45) is 5.41 Å². The van der Waals surface area contributed by atoms with Crippen LogP contribution in [0.1, 0.15) is 66.7 Å². The second-order valence-electron chi connectivity index (χ2n) is 6.62. The highest BCUT2D eigenvalue weighted by Gasteiger charge is 2.45. The number of hydrogen-bond acceptors (Lipinski definition) is 4. The lowest BCUT2D eigenvalue weighted by atomic mass is 9.93. The van der Waals surface area contributed by atoms with Gasteiger partial charge in [0.2, 0.25) is 0 Å². The maximum absolute atomic E-state index is 12.2. The van der Waals surface area contributed by atoms with Crippen molar-refractivity contribution in [1.29, 1.82) is 0 Å². The van der Waals surface area contributed by atoms with E-state index in [1.165, 1.54) is 32.8 Å². The van der Waals surface area contributed by atoms with Crippen molar-refractivity contribution in [3.05, 3.63) is 22.4 Å². The molecule has 1 saturated heterocycles. The number of methoxy groups -OCH3 is 1. The average Bonchev–Trinajstić information content (AvgIpc) is 3.33. The van der Waals surface area contributed by atoms with Gasteiger partial charge >= 0.3 is 5.97 Å². The molecule has 4 nitrogen and oxygen atoms in total. The standard InChI is InChI=1S/C17H24N2O2.C2H6/c1-11-12(2)14(16(20)21-4)15(18-13(11)3)19-9-7-17(5-6-17)8-10-19;1-2/h5-10H2,1-4H3;1-2H3. The van der Waals surface area contributed by atoms with Crippen LogP contribution in [0, 0.1) is 26.2 Å². The fourth-order valence-corrected chi connectivity index (χ4v) is 3.37. The molecule has 1 saturated carbocycles. The summed E-state index contributed by atoms with van der Waals surface area (Å²) in [4.78, 5) is 19.2. The van der Waals surface area contributed by atoms with Crippen molar-refractivity contribution < 1.29 is 9.53 Å². The minimum Gasteiger partial charge on any atom is -0.465 e. The summed E-state index contributed by atoms with van der Waals surface area (Å²) in [5, 5.41) is 0. The van der Waals surface area contributed by atoms with Gasteiger partial charge in [-0.05, 0) is 63.0 Å². The Hall–Kier alpha value is -1.58. The van der Waals surface area contributed by atoms with E-state index < -0.39 is 0 Å². The van der Waals surface area contributed by atoms with E-state index in [1.807, 2.05) is 34.6 Å². The van der Waals surface area contributed by atoms with Crippen molar-refractivity contribution in [3.8, 4) is 0 Å². The summed E-state index contributed by atoms with van der Waals surface area (Å²) in [6.07, 6.45) is 5.21. The molecule has 1 spiro atoms. The summed E-state index contributed by atoms with van der Waals surface area (Å²) in [5.41, 5.74) is 4.34. The smallest absolute Gasteiger partial charge is 0.341 e. The zero-order valence-corrected chi connectivity index (χ0v) is 15.5. The lowest BCUT2D eigenvalue weighted by Gasteiger charge is -2.34. The van der Waals surface area contributed by atoms with Gasteiger partial charge in [-0.3, -0.25) is 0 Å². The molecule has 4 heteroatoms. The quantitative estimate of drug-likeness (QED) is 0.766. The summed E-state index contributed by atoms with van der Waals surface area (Å²) in [6.45, 7) is 12.0. The number of carbonyl (C=O) groups is 1. The first kappa shape index (κ1) is 17.8. The molecule has 0 bridgehead atoms. The topological polar surface area (TPSA) is 42.4 Å². The van der Waals surface area contributed by atoms with Crippen molar-refractivity contribution in [2.45, 2.75) is 60.3 Å². The van der Waals surface area contributed by atoms with Crippen LogP contribution in [0.2, 0.25) is 0 Å². The molecule has 0 radical (unpaired) electrons. The van der Waals surface area contributed by atoms with Gasteiger partial charge in [-0.15, -0.1) is 0 Å². The monoisotopic (exact) mass is 318 g/mol. The molecule has 0 aromatic carbocycles. The van der Waals surface area contributed by atoms with Crippen LogP contribution in [0.5, 0.6) is 0 Å². The van der Waals surface area contributed by atoms with E-state index in [0.29, 0.717) is 11.0 Å². The Labute approximate surface area is 140 Å². The first-order chi connectivity index (χ1) is 11.0. The molecule has 0 N–H and O–H groups in total. The highest BCUT2D eigenvalue weighted by atomic mass is 16.5. The second-order valence-corrected chi connectivity index (χ2v) is 6.62. The van der Waals surface area contributed by atoms with E-state index in [9.17, 15) is 4.79 Å². The first-order valence-electron chi connectivity index (χ1n) is 8.78. The normalized spacial score (nSPS) is 18.3. The summed E-state index contributed by atoms with van der Waals surface area (Å²) >= 11 is 0. The predicted octanol–water partition coefficient (Wildman–Crippen LogP) is 4.20. The Kier molecular flexibility index (Phi) is 5.33. The molecule has 23 heavy (non-hydrogen) atoms. The number of ether oxygens (including phenoxy) is 1. The van der Waals surface area contributed by atoms with Crippen molar-refractivity contribution >= 4 is 11.8 Å². The molecule has 2 heterocycles. The highest BCUT2D eigenvalue weighted by Crippen LogP contribution is 2.54. The number of aryl methyl sites for hydroxylation is 1. The number of carbonyl (C=O) groups excluding carboxylic acids is 1. The van der Waals surface area contributed by atoms with Crippen LogP contribution in [0.15, 0.2) is 0 Å². The van der Waals surface area contributed by atoms with Gasteiger partial charge in [0.15, 0.2) is 0 Å². The minimum atomic E-state index is -0.273. The van der Waals surface area contributed by atoms with E-state index in [1.54, 1.807) is 0 Å². The number of aromatic nitrogens is 1. The number of rotatable bonds is 2. The van der Waals surface area contributed by atoms with Crippen LogP contribution in [0.4, 0.5) is 5.82 Å². The van der Waals surface area contributed by atoms with Gasteiger partial charge in [-0.25, -0.2) is 9.78 Å². The average molecular weight is 318 g/mol. The molecule has 0 atom stereocenters. The van der Waals surface area contributed by atoms with Gasteiger partial charge in [0.1, 0.15) is 11.4 Å². The van der Waals surface area contributed by atoms with Crippen LogP contribution in [-0.2, 0) is 4.74 Å². The molecule has 3 rings (SSSR count). The number of piperidine rings is 1. The van der Waals surface area contributed by atoms with Gasteiger partial charge in [0.05, 0.1) is 7.11 Å². The van der Waals surface area contributed by atoms with Gasteiger partial charge in [0.25, 0.3) is 0 Å². The first-order valence-corrected chi connectivity index (χ1v) is 8.78. The third kappa shape index (κ3) is 3.36. The van der Waals surface area contributed by atoms with Crippen LogP contribution < -0.4 is 4.90 Å². The van der Waals surface area contributed by atoms with Gasteiger partial charge in [0, 0.05) is 18.8 Å². The lowest BCUT2D eigenvalue weighted by Crippen LogP contribution is -2.36. The van der Waals surface area contributed by atoms with E-state index in [0.717, 1.165) is 35.7 Å². The molecule has 2 aliphatic rings. The fourth-order valence-electron chi connectivity index (χ4n) is 3.37. The van der Waals surface area contributed by atoms with Crippen LogP contribution in [0.25, 0.3) is 0 Å². The zero-order valence-electron chi connectivity index (χ0n) is 15.5. The molecular formula is C19H30N2O2. The second kappa shape index (κ2) is 6.90. The molecule has 128 valence electrons. The Bertz CT molecular complexity index is 582. The summed E-state index contributed by atoms with van der Waals surface area (Å²) in [5.74, 6) is 0.544. The van der Waals surface area contributed by atoms with E-state index >= 15 is 0 Å². The number of anilines is 1. The third-order valence-electron chi connectivity index (χ3n) is 5.45. The largest absolute Gasteiger partial charge is 0.465 e. The lowest BCUT2D eigenvalue weighted by molar-refractivity contribution is 0.0600. The molecule has 0 amide bonds. The number of pyridine rings is 1. The molecule has 1 aliphatic carbocycles. The molecule has 1 aliphatic heterocycles. The van der Waals surface area contributed by atoms with Crippen LogP contribution in [0.3, 0.4) is 0 Å². The number of esters is 1. The Morgan fingerprint density at radius 2 is 1.61 bits per heavy atom. The maximum Gasteiger partial charge on any atom is 0.341 e. The Morgan fingerprint density at radius 1 is 1.04 bits per heavy atom. The molecule has 1 aromatic heterocycles. The zero-order chi connectivity index (χ0) is 17.2. The SMILES string of the molecule is CC.COC(=O)c1c(N2CCC3(CC2)CC3)nc(C)c(C)c1C. The van der Waals surface area contributed by atoms with Crippen molar-refractivity contribution in [3.63, 3.8) is 0 Å². The third-order valence-corrected chi connectivity index (χ3v) is 5.45. The maximum atomic E-state index is 12.2. The summed E-state index contributed by atoms with van der Waals surface area (Å²) < 4.78 is 4.99. The van der Waals surface area contributed by atoms with Crippen LogP contribution in [-0.4, -0.2) is 31.2 Å². The molecule has 2 fully saturated rings. The van der Waals surface area contributed by atoms with Gasteiger partial charge in [-0.2, -0.15) is 0 Å². The highest BCUT2D eigenvalue weighted by molar-refractivity contribution is 5.97. The van der Waals surface area contributed by atoms with Gasteiger partial charge < -0.3 is 9.64 Å². The van der Waals surface area contributed by atoms with Crippen molar-refractivity contribution in [1.82, 2.24) is 4.98 Å². The van der Waals surface area contributed by atoms with Crippen LogP contribution >= 0.6 is 0 Å².